The number of anilines is 2. The fourth-order valence-electron chi connectivity index (χ4n) is 4.01. The molecule has 0 unspecified atom stereocenters. The Morgan fingerprint density at radius 2 is 1.96 bits per heavy atom. The number of benzene rings is 1. The number of ether oxygens (including phenoxy) is 1. The quantitative estimate of drug-likeness (QED) is 0.637. The van der Waals surface area contributed by atoms with Crippen molar-refractivity contribution in [3.8, 4) is 0 Å². The Bertz CT molecular complexity index is 991. The van der Waals surface area contributed by atoms with Crippen LogP contribution < -0.4 is 16.1 Å². The predicted molar refractivity (Wildman–Crippen MR) is 107 cm³/mol. The van der Waals surface area contributed by atoms with Crippen molar-refractivity contribution in [1.29, 1.82) is 0 Å². The molecule has 0 spiro atoms. The molecule has 2 aliphatic rings. The molecule has 2 aromatic rings. The molecule has 150 valence electrons. The Morgan fingerprint density at radius 3 is 2.54 bits per heavy atom. The van der Waals surface area contributed by atoms with Crippen LogP contribution in [0.25, 0.3) is 10.9 Å². The van der Waals surface area contributed by atoms with E-state index in [1.165, 1.54) is 19.4 Å². The van der Waals surface area contributed by atoms with E-state index in [4.69, 9.17) is 10.5 Å². The lowest BCUT2D eigenvalue weighted by molar-refractivity contribution is 0.0598. The molecule has 0 bridgehead atoms. The van der Waals surface area contributed by atoms with Gasteiger partial charge in [-0.3, -0.25) is 4.79 Å². The van der Waals surface area contributed by atoms with Crippen LogP contribution in [-0.4, -0.2) is 55.3 Å². The fourth-order valence-corrected chi connectivity index (χ4v) is 4.01. The van der Waals surface area contributed by atoms with Crippen LogP contribution >= 0.6 is 0 Å². The highest BCUT2D eigenvalue weighted by Gasteiger charge is 2.30. The molecule has 4 rings (SSSR count). The lowest BCUT2D eigenvalue weighted by atomic mass is 10.1. The standard InChI is InChI=1S/C20H25FN4O3/c1-3-23-6-8-24(9-7-23)18-15(21)10-13-17(16(18)22)25(12-4-5-12)11-14(19(13)26)20(27)28-2/h10-12H,3-9,22H2,1-2H3. The number of halogens is 1. The number of piperazine rings is 1. The Kier molecular flexibility index (Phi) is 4.74. The van der Waals surface area contributed by atoms with E-state index in [1.807, 2.05) is 9.47 Å². The first-order valence-corrected chi connectivity index (χ1v) is 9.68. The molecule has 2 heterocycles. The van der Waals surface area contributed by atoms with Crippen molar-refractivity contribution in [2.24, 2.45) is 0 Å². The molecule has 1 saturated carbocycles. The second kappa shape index (κ2) is 7.09. The molecular formula is C20H25FN4O3. The van der Waals surface area contributed by atoms with Crippen molar-refractivity contribution < 1.29 is 13.9 Å². The van der Waals surface area contributed by atoms with Gasteiger partial charge in [0.2, 0.25) is 5.43 Å². The monoisotopic (exact) mass is 388 g/mol. The molecule has 28 heavy (non-hydrogen) atoms. The third kappa shape index (κ3) is 3.01. The van der Waals surface area contributed by atoms with Crippen molar-refractivity contribution in [2.45, 2.75) is 25.8 Å². The molecule has 1 aromatic carbocycles. The van der Waals surface area contributed by atoms with Crippen molar-refractivity contribution in [1.82, 2.24) is 9.47 Å². The lowest BCUT2D eigenvalue weighted by Crippen LogP contribution is -2.46. The Labute approximate surface area is 162 Å². The van der Waals surface area contributed by atoms with Gasteiger partial charge in [-0.25, -0.2) is 9.18 Å². The molecule has 2 N–H and O–H groups in total. The first-order valence-electron chi connectivity index (χ1n) is 9.68. The van der Waals surface area contributed by atoms with Gasteiger partial charge in [0.1, 0.15) is 11.4 Å². The normalized spacial score (nSPS) is 17.9. The average molecular weight is 388 g/mol. The number of nitrogens with zero attached hydrogens (tertiary/aromatic N) is 3. The smallest absolute Gasteiger partial charge is 0.343 e. The minimum atomic E-state index is -0.722. The molecule has 8 heteroatoms. The van der Waals surface area contributed by atoms with E-state index in [0.29, 0.717) is 24.3 Å². The summed E-state index contributed by atoms with van der Waals surface area (Å²) in [6.07, 6.45) is 3.38. The summed E-state index contributed by atoms with van der Waals surface area (Å²) in [7, 11) is 1.22. The summed E-state index contributed by atoms with van der Waals surface area (Å²) in [5.41, 5.74) is 6.92. The molecule has 2 fully saturated rings. The van der Waals surface area contributed by atoms with E-state index in [-0.39, 0.29) is 22.7 Å². The topological polar surface area (TPSA) is 80.8 Å². The Morgan fingerprint density at radius 1 is 1.29 bits per heavy atom. The van der Waals surface area contributed by atoms with Crippen LogP contribution in [0.2, 0.25) is 0 Å². The third-order valence-electron chi connectivity index (χ3n) is 5.76. The van der Waals surface area contributed by atoms with E-state index in [1.54, 1.807) is 0 Å². The van der Waals surface area contributed by atoms with Crippen LogP contribution in [-0.2, 0) is 4.74 Å². The summed E-state index contributed by atoms with van der Waals surface area (Å²) in [5, 5.41) is 0.126. The van der Waals surface area contributed by atoms with Gasteiger partial charge in [-0.15, -0.1) is 0 Å². The van der Waals surface area contributed by atoms with Crippen LogP contribution in [0.3, 0.4) is 0 Å². The zero-order valence-electron chi connectivity index (χ0n) is 16.2. The molecule has 1 aromatic heterocycles. The van der Waals surface area contributed by atoms with Gasteiger partial charge in [-0.2, -0.15) is 0 Å². The summed E-state index contributed by atoms with van der Waals surface area (Å²) in [4.78, 5) is 29.1. The van der Waals surface area contributed by atoms with Crippen molar-refractivity contribution in [3.63, 3.8) is 0 Å². The molecule has 1 saturated heterocycles. The van der Waals surface area contributed by atoms with Crippen LogP contribution in [0.15, 0.2) is 17.1 Å². The zero-order valence-corrected chi connectivity index (χ0v) is 16.2. The first kappa shape index (κ1) is 18.7. The number of pyridine rings is 1. The van der Waals surface area contributed by atoms with E-state index < -0.39 is 17.2 Å². The molecule has 7 nitrogen and oxygen atoms in total. The minimum absolute atomic E-state index is 0.0926. The highest BCUT2D eigenvalue weighted by Crippen LogP contribution is 2.41. The van der Waals surface area contributed by atoms with Gasteiger partial charge in [-0.05, 0) is 25.5 Å². The van der Waals surface area contributed by atoms with Gasteiger partial charge < -0.3 is 24.8 Å². The van der Waals surface area contributed by atoms with Gasteiger partial charge in [0, 0.05) is 38.4 Å². The van der Waals surface area contributed by atoms with Gasteiger partial charge in [0.05, 0.1) is 29.4 Å². The van der Waals surface area contributed by atoms with Crippen molar-refractivity contribution in [2.75, 3.05) is 50.5 Å². The highest BCUT2D eigenvalue weighted by molar-refractivity contribution is 6.01. The lowest BCUT2D eigenvalue weighted by Gasteiger charge is -2.36. The average Bonchev–Trinajstić information content (AvgIpc) is 3.54. The Balaban J connectivity index is 1.90. The number of methoxy groups -OCH3 is 1. The number of rotatable bonds is 4. The maximum atomic E-state index is 15.1. The van der Waals surface area contributed by atoms with E-state index in [2.05, 4.69) is 11.8 Å². The van der Waals surface area contributed by atoms with Crippen molar-refractivity contribution in [3.05, 3.63) is 33.9 Å². The number of carbonyl (C=O) groups is 1. The number of nitrogens with two attached hydrogens (primary N) is 1. The van der Waals surface area contributed by atoms with E-state index >= 15 is 4.39 Å². The first-order chi connectivity index (χ1) is 13.5. The van der Waals surface area contributed by atoms with Crippen LogP contribution in [0.1, 0.15) is 36.2 Å². The van der Waals surface area contributed by atoms with Gasteiger partial charge in [-0.1, -0.05) is 6.92 Å². The van der Waals surface area contributed by atoms with Crippen molar-refractivity contribution >= 4 is 28.2 Å². The van der Waals surface area contributed by atoms with Gasteiger partial charge in [0.15, 0.2) is 0 Å². The minimum Gasteiger partial charge on any atom is -0.465 e. The number of hydrogen-bond donors (Lipinski definition) is 1. The maximum absolute atomic E-state index is 15.1. The highest BCUT2D eigenvalue weighted by atomic mass is 19.1. The zero-order chi connectivity index (χ0) is 20.0. The maximum Gasteiger partial charge on any atom is 0.343 e. The number of aromatic nitrogens is 1. The SMILES string of the molecule is CCN1CCN(c2c(F)cc3c(=O)c(C(=O)OC)cn(C4CC4)c3c2N)CC1. The summed E-state index contributed by atoms with van der Waals surface area (Å²) < 4.78 is 21.7. The Hall–Kier alpha value is -2.61. The van der Waals surface area contributed by atoms with Crippen LogP contribution in [0.4, 0.5) is 15.8 Å². The largest absolute Gasteiger partial charge is 0.465 e. The second-order valence-electron chi connectivity index (χ2n) is 7.44. The number of nitrogen functional groups attached to an aromatic ring is 1. The van der Waals surface area contributed by atoms with Crippen LogP contribution in [0, 0.1) is 5.82 Å². The van der Waals surface area contributed by atoms with Gasteiger partial charge in [0.25, 0.3) is 0 Å². The molecular weight excluding hydrogens is 363 g/mol. The molecule has 1 aliphatic heterocycles. The van der Waals surface area contributed by atoms with Gasteiger partial charge >= 0.3 is 5.97 Å². The number of hydrogen-bond acceptors (Lipinski definition) is 6. The van der Waals surface area contributed by atoms with E-state index in [9.17, 15) is 9.59 Å². The second-order valence-corrected chi connectivity index (χ2v) is 7.44. The molecule has 0 amide bonds. The van der Waals surface area contributed by atoms with E-state index in [0.717, 1.165) is 32.5 Å². The summed E-state index contributed by atoms with van der Waals surface area (Å²) in [6, 6.07) is 1.38. The predicted octanol–water partition coefficient (Wildman–Crippen LogP) is 1.99. The molecule has 0 atom stereocenters. The number of fused-ring (bicyclic) bond motifs is 1. The summed E-state index contributed by atoms with van der Waals surface area (Å²) in [6.45, 7) is 6.09. The summed E-state index contributed by atoms with van der Waals surface area (Å²) >= 11 is 0. The number of esters is 1. The fraction of sp³-hybridized carbons (Fsp3) is 0.500. The third-order valence-corrected chi connectivity index (χ3v) is 5.76. The number of carbonyl (C=O) groups excluding carboxylic acids is 1. The number of likely N-dealkylation sites (N-methyl/N-ethyl adjacent to an activating group) is 1. The summed E-state index contributed by atoms with van der Waals surface area (Å²) in [5.74, 6) is -1.25. The molecule has 1 aliphatic carbocycles. The van der Waals surface area contributed by atoms with Crippen LogP contribution in [0.5, 0.6) is 0 Å². The molecule has 0 radical (unpaired) electrons.